The summed E-state index contributed by atoms with van der Waals surface area (Å²) in [5, 5.41) is 11.5. The van der Waals surface area contributed by atoms with Gasteiger partial charge in [0.2, 0.25) is 0 Å². The van der Waals surface area contributed by atoms with E-state index in [4.69, 9.17) is 16.3 Å². The van der Waals surface area contributed by atoms with Crippen LogP contribution >= 0.6 is 11.6 Å². The van der Waals surface area contributed by atoms with E-state index in [0.29, 0.717) is 24.1 Å². The number of hydrogen-bond donors (Lipinski definition) is 0. The van der Waals surface area contributed by atoms with Crippen molar-refractivity contribution >= 4 is 23.5 Å². The molecule has 0 saturated carbocycles. The van der Waals surface area contributed by atoms with E-state index in [2.05, 4.69) is 15.4 Å². The van der Waals surface area contributed by atoms with Gasteiger partial charge in [0, 0.05) is 38.1 Å². The van der Waals surface area contributed by atoms with Crippen LogP contribution in [-0.4, -0.2) is 56.7 Å². The van der Waals surface area contributed by atoms with Crippen LogP contribution in [0.1, 0.15) is 59.7 Å². The van der Waals surface area contributed by atoms with Gasteiger partial charge in [-0.25, -0.2) is 0 Å². The van der Waals surface area contributed by atoms with Crippen LogP contribution in [0.2, 0.25) is 0 Å². The molecule has 8 nitrogen and oxygen atoms in total. The fourth-order valence-corrected chi connectivity index (χ4v) is 5.84. The van der Waals surface area contributed by atoms with E-state index in [0.717, 1.165) is 21.8 Å². The monoisotopic (exact) mass is 700 g/mol. The molecule has 1 unspecified atom stereocenters. The summed E-state index contributed by atoms with van der Waals surface area (Å²) in [5.41, 5.74) is -5.15. The SMILES string of the molecule is CCOC(=O)C1(CCl)CN(C(CC)c2ccc(C(F)(F)F)cc2CN(Cc2cc(C(F)(F)F)cc(C(F)(F)F)c2)c2nnn(C)n2)C1. The summed E-state index contributed by atoms with van der Waals surface area (Å²) < 4.78 is 129. The first-order valence-electron chi connectivity index (χ1n) is 14.3. The number of alkyl halides is 10. The van der Waals surface area contributed by atoms with Crippen LogP contribution in [0.4, 0.5) is 45.5 Å². The van der Waals surface area contributed by atoms with E-state index in [1.165, 1.54) is 13.1 Å². The zero-order valence-electron chi connectivity index (χ0n) is 25.3. The van der Waals surface area contributed by atoms with Crippen molar-refractivity contribution in [2.24, 2.45) is 12.5 Å². The van der Waals surface area contributed by atoms with Gasteiger partial charge in [-0.2, -0.15) is 44.3 Å². The summed E-state index contributed by atoms with van der Waals surface area (Å²) in [6, 6.07) is 3.52. The highest BCUT2D eigenvalue weighted by atomic mass is 35.5. The minimum Gasteiger partial charge on any atom is -0.465 e. The molecule has 1 aromatic heterocycles. The van der Waals surface area contributed by atoms with Crippen LogP contribution in [0.25, 0.3) is 0 Å². The van der Waals surface area contributed by atoms with Crippen LogP contribution in [0, 0.1) is 5.41 Å². The number of tetrazole rings is 1. The number of likely N-dealkylation sites (tertiary alicyclic amines) is 1. The summed E-state index contributed by atoms with van der Waals surface area (Å²) >= 11 is 6.12. The lowest BCUT2D eigenvalue weighted by atomic mass is 9.79. The van der Waals surface area contributed by atoms with Gasteiger partial charge in [-0.3, -0.25) is 9.69 Å². The lowest BCUT2D eigenvalue weighted by Crippen LogP contribution is -2.62. The highest BCUT2D eigenvalue weighted by Gasteiger charge is 2.52. The van der Waals surface area contributed by atoms with Crippen LogP contribution in [0.5, 0.6) is 0 Å². The van der Waals surface area contributed by atoms with Gasteiger partial charge in [0.05, 0.1) is 30.3 Å². The second-order valence-corrected chi connectivity index (χ2v) is 11.5. The molecule has 47 heavy (non-hydrogen) atoms. The standard InChI is InChI=1S/C29H30ClF9N6O2/c1-4-23(45-15-26(14-30,16-45)24(46)47-5-2)22-7-6-19(27(31,32)33)10-18(22)13-44(25-40-42-43(3)41-25)12-17-8-20(28(34,35)36)11-21(9-17)29(37,38)39/h6-11,23H,4-5,12-16H2,1-3H3. The van der Waals surface area contributed by atoms with Crippen molar-refractivity contribution in [3.8, 4) is 0 Å². The molecule has 258 valence electrons. The first kappa shape index (κ1) is 36.2. The molecule has 0 aliphatic carbocycles. The van der Waals surface area contributed by atoms with Crippen molar-refractivity contribution in [1.82, 2.24) is 25.1 Å². The molecule has 1 fully saturated rings. The molecule has 0 N–H and O–H groups in total. The Balaban J connectivity index is 1.78. The van der Waals surface area contributed by atoms with Gasteiger partial charge in [-0.1, -0.05) is 18.1 Å². The molecule has 1 aliphatic heterocycles. The van der Waals surface area contributed by atoms with E-state index >= 15 is 0 Å². The Morgan fingerprint density at radius 3 is 2.00 bits per heavy atom. The summed E-state index contributed by atoms with van der Waals surface area (Å²) in [6.07, 6.45) is -14.6. The molecule has 4 rings (SSSR count). The number of esters is 1. The number of hydrogen-bond acceptors (Lipinski definition) is 7. The zero-order chi connectivity index (χ0) is 34.9. The molecule has 2 heterocycles. The average Bonchev–Trinajstić information content (AvgIpc) is 3.39. The highest BCUT2D eigenvalue weighted by Crippen LogP contribution is 2.43. The van der Waals surface area contributed by atoms with E-state index in [9.17, 15) is 44.3 Å². The number of aromatic nitrogens is 4. The van der Waals surface area contributed by atoms with Crippen molar-refractivity contribution in [3.63, 3.8) is 0 Å². The van der Waals surface area contributed by atoms with Gasteiger partial charge in [0.15, 0.2) is 0 Å². The molecule has 18 heteroatoms. The van der Waals surface area contributed by atoms with Crippen molar-refractivity contribution in [2.75, 3.05) is 30.5 Å². The number of aryl methyl sites for hydroxylation is 1. The maximum absolute atomic E-state index is 13.9. The van der Waals surface area contributed by atoms with Crippen LogP contribution < -0.4 is 4.90 Å². The van der Waals surface area contributed by atoms with E-state index in [1.54, 1.807) is 13.8 Å². The molecule has 2 aromatic carbocycles. The molecule has 3 aromatic rings. The number of ether oxygens (including phenoxy) is 1. The molecule has 1 atom stereocenters. The zero-order valence-corrected chi connectivity index (χ0v) is 26.0. The molecular weight excluding hydrogens is 671 g/mol. The summed E-state index contributed by atoms with van der Waals surface area (Å²) in [4.78, 5) is 16.6. The average molecular weight is 701 g/mol. The Kier molecular flexibility index (Phi) is 10.4. The summed E-state index contributed by atoms with van der Waals surface area (Å²) in [7, 11) is 1.36. The van der Waals surface area contributed by atoms with Gasteiger partial charge < -0.3 is 9.64 Å². The van der Waals surface area contributed by atoms with E-state index in [1.807, 2.05) is 4.90 Å². The van der Waals surface area contributed by atoms with Gasteiger partial charge in [0.1, 0.15) is 5.41 Å². The number of benzene rings is 2. The third kappa shape index (κ3) is 8.11. The molecule has 0 radical (unpaired) electrons. The Morgan fingerprint density at radius 1 is 0.936 bits per heavy atom. The first-order valence-corrected chi connectivity index (χ1v) is 14.8. The van der Waals surface area contributed by atoms with E-state index < -0.39 is 71.3 Å². The van der Waals surface area contributed by atoms with Crippen LogP contribution in [0.3, 0.4) is 0 Å². The fraction of sp³-hybridized carbons (Fsp3) is 0.517. The maximum Gasteiger partial charge on any atom is 0.416 e. The topological polar surface area (TPSA) is 76.4 Å². The lowest BCUT2D eigenvalue weighted by Gasteiger charge is -2.51. The van der Waals surface area contributed by atoms with Crippen molar-refractivity contribution < 1.29 is 49.0 Å². The normalized spacial score (nSPS) is 16.1. The molecule has 1 aliphatic rings. The van der Waals surface area contributed by atoms with Gasteiger partial charge in [0.25, 0.3) is 5.95 Å². The Bertz CT molecular complexity index is 1540. The predicted molar refractivity (Wildman–Crippen MR) is 151 cm³/mol. The molecule has 0 amide bonds. The summed E-state index contributed by atoms with van der Waals surface area (Å²) in [6.45, 7) is 2.74. The quantitative estimate of drug-likeness (QED) is 0.121. The van der Waals surface area contributed by atoms with Gasteiger partial charge >= 0.3 is 24.5 Å². The third-order valence-corrected chi connectivity index (χ3v) is 8.31. The lowest BCUT2D eigenvalue weighted by molar-refractivity contribution is -0.167. The second kappa shape index (κ2) is 13.5. The van der Waals surface area contributed by atoms with Gasteiger partial charge in [-0.15, -0.1) is 16.7 Å². The van der Waals surface area contributed by atoms with Crippen LogP contribution in [-0.2, 0) is 48.2 Å². The smallest absolute Gasteiger partial charge is 0.416 e. The number of carbonyl (C=O) groups is 1. The second-order valence-electron chi connectivity index (χ2n) is 11.2. The number of rotatable bonds is 11. The number of carbonyl (C=O) groups excluding carboxylic acids is 1. The number of halogens is 10. The minimum absolute atomic E-state index is 0.0185. The Hall–Kier alpha value is -3.60. The van der Waals surface area contributed by atoms with Gasteiger partial charge in [-0.05, 0) is 65.6 Å². The van der Waals surface area contributed by atoms with Crippen molar-refractivity contribution in [1.29, 1.82) is 0 Å². The van der Waals surface area contributed by atoms with Crippen molar-refractivity contribution in [3.05, 3.63) is 69.8 Å². The fourth-order valence-electron chi connectivity index (χ4n) is 5.56. The number of nitrogens with zero attached hydrogens (tertiary/aromatic N) is 6. The highest BCUT2D eigenvalue weighted by molar-refractivity contribution is 6.20. The molecular formula is C29H30ClF9N6O2. The first-order chi connectivity index (χ1) is 21.8. The Morgan fingerprint density at radius 2 is 1.53 bits per heavy atom. The predicted octanol–water partition coefficient (Wildman–Crippen LogP) is 7.03. The number of anilines is 1. The Labute approximate surface area is 268 Å². The molecule has 1 saturated heterocycles. The molecule has 0 spiro atoms. The third-order valence-electron chi connectivity index (χ3n) is 7.80. The maximum atomic E-state index is 13.9. The largest absolute Gasteiger partial charge is 0.465 e. The van der Waals surface area contributed by atoms with E-state index in [-0.39, 0.29) is 43.2 Å². The van der Waals surface area contributed by atoms with Crippen molar-refractivity contribution in [2.45, 2.75) is 57.9 Å². The molecule has 0 bridgehead atoms. The summed E-state index contributed by atoms with van der Waals surface area (Å²) in [5.74, 6) is -0.808. The van der Waals surface area contributed by atoms with Crippen LogP contribution in [0.15, 0.2) is 36.4 Å². The minimum atomic E-state index is -5.12.